The topological polar surface area (TPSA) is 81.9 Å². The van der Waals surface area contributed by atoms with Crippen LogP contribution in [0.25, 0.3) is 0 Å². The van der Waals surface area contributed by atoms with E-state index in [0.717, 1.165) is 25.7 Å². The van der Waals surface area contributed by atoms with Crippen molar-refractivity contribution in [1.29, 1.82) is 0 Å². The quantitative estimate of drug-likeness (QED) is 0.881. The van der Waals surface area contributed by atoms with Gasteiger partial charge in [0.15, 0.2) is 0 Å². The fraction of sp³-hybridized carbons (Fsp3) is 0.529. The number of carbonyl (C=O) groups is 1. The summed E-state index contributed by atoms with van der Waals surface area (Å²) in [7, 11) is 1.60. The van der Waals surface area contributed by atoms with Crippen molar-refractivity contribution in [3.05, 3.63) is 30.6 Å². The lowest BCUT2D eigenvalue weighted by Gasteiger charge is -2.36. The molecule has 1 amide bonds. The van der Waals surface area contributed by atoms with E-state index in [1.807, 2.05) is 24.3 Å². The van der Waals surface area contributed by atoms with Gasteiger partial charge in [-0.1, -0.05) is 31.4 Å². The van der Waals surface area contributed by atoms with Gasteiger partial charge < -0.3 is 10.1 Å². The molecule has 1 aromatic carbocycles. The standard InChI is InChI=1S/C17H23N5O2/c1-24-15-8-4-3-7-14(15)19-16(23)11-17(9-5-2-6-10-17)12-22-13-18-20-21-22/h3-4,7-8,13H,2,5-6,9-12H2,1H3,(H,19,23). The van der Waals surface area contributed by atoms with Crippen LogP contribution in [0.5, 0.6) is 5.75 Å². The van der Waals surface area contributed by atoms with Gasteiger partial charge in [0, 0.05) is 6.42 Å². The molecular formula is C17H23N5O2. The van der Waals surface area contributed by atoms with Crippen LogP contribution in [0.4, 0.5) is 5.69 Å². The van der Waals surface area contributed by atoms with Crippen molar-refractivity contribution >= 4 is 11.6 Å². The summed E-state index contributed by atoms with van der Waals surface area (Å²) in [5, 5.41) is 14.4. The lowest BCUT2D eigenvalue weighted by molar-refractivity contribution is -0.119. The molecule has 2 aromatic rings. The first-order valence-corrected chi connectivity index (χ1v) is 8.34. The van der Waals surface area contributed by atoms with Crippen LogP contribution in [-0.4, -0.2) is 33.2 Å². The summed E-state index contributed by atoms with van der Waals surface area (Å²) >= 11 is 0. The second-order valence-corrected chi connectivity index (χ2v) is 6.49. The average Bonchev–Trinajstić information content (AvgIpc) is 3.08. The number of rotatable bonds is 6. The zero-order valence-corrected chi connectivity index (χ0v) is 13.9. The van der Waals surface area contributed by atoms with E-state index in [1.54, 1.807) is 18.1 Å². The maximum Gasteiger partial charge on any atom is 0.225 e. The Kier molecular flexibility index (Phi) is 5.08. The molecule has 0 unspecified atom stereocenters. The normalized spacial score (nSPS) is 16.5. The van der Waals surface area contributed by atoms with Gasteiger partial charge in [0.1, 0.15) is 12.1 Å². The molecule has 1 aliphatic rings. The molecule has 1 fully saturated rings. The van der Waals surface area contributed by atoms with Crippen LogP contribution >= 0.6 is 0 Å². The zero-order valence-electron chi connectivity index (χ0n) is 13.9. The third kappa shape index (κ3) is 3.90. The predicted octanol–water partition coefficient (Wildman–Crippen LogP) is 2.66. The van der Waals surface area contributed by atoms with E-state index in [4.69, 9.17) is 4.74 Å². The highest BCUT2D eigenvalue weighted by molar-refractivity contribution is 5.92. The third-order valence-corrected chi connectivity index (χ3v) is 4.72. The van der Waals surface area contributed by atoms with Crippen molar-refractivity contribution in [1.82, 2.24) is 20.2 Å². The summed E-state index contributed by atoms with van der Waals surface area (Å²) in [4.78, 5) is 12.7. The number of nitrogens with one attached hydrogen (secondary N) is 1. The van der Waals surface area contributed by atoms with Crippen molar-refractivity contribution in [2.45, 2.75) is 45.1 Å². The molecular weight excluding hydrogens is 306 g/mol. The van der Waals surface area contributed by atoms with Gasteiger partial charge in [-0.05, 0) is 40.8 Å². The molecule has 0 aliphatic heterocycles. The Morgan fingerprint density at radius 2 is 2.08 bits per heavy atom. The van der Waals surface area contributed by atoms with Crippen molar-refractivity contribution in [3.63, 3.8) is 0 Å². The fourth-order valence-corrected chi connectivity index (χ4v) is 3.57. The van der Waals surface area contributed by atoms with Gasteiger partial charge in [-0.25, -0.2) is 4.68 Å². The Morgan fingerprint density at radius 1 is 1.29 bits per heavy atom. The van der Waals surface area contributed by atoms with Crippen molar-refractivity contribution in [2.75, 3.05) is 12.4 Å². The van der Waals surface area contributed by atoms with Crippen LogP contribution in [-0.2, 0) is 11.3 Å². The van der Waals surface area contributed by atoms with Gasteiger partial charge in [0.05, 0.1) is 19.3 Å². The number of hydrogen-bond donors (Lipinski definition) is 1. The molecule has 3 rings (SSSR count). The summed E-state index contributed by atoms with van der Waals surface area (Å²) in [5.74, 6) is 0.679. The number of methoxy groups -OCH3 is 1. The maximum absolute atomic E-state index is 12.7. The van der Waals surface area contributed by atoms with Crippen molar-refractivity contribution in [2.24, 2.45) is 5.41 Å². The Balaban J connectivity index is 1.71. The fourth-order valence-electron chi connectivity index (χ4n) is 3.57. The van der Waals surface area contributed by atoms with Crippen LogP contribution in [0.2, 0.25) is 0 Å². The molecule has 1 heterocycles. The minimum atomic E-state index is -0.0836. The molecule has 128 valence electrons. The molecule has 24 heavy (non-hydrogen) atoms. The van der Waals surface area contributed by atoms with Crippen LogP contribution in [0.15, 0.2) is 30.6 Å². The van der Waals surface area contributed by atoms with Crippen LogP contribution in [0, 0.1) is 5.41 Å². The molecule has 0 radical (unpaired) electrons. The molecule has 7 nitrogen and oxygen atoms in total. The maximum atomic E-state index is 12.7. The number of anilines is 1. The number of hydrogen-bond acceptors (Lipinski definition) is 5. The predicted molar refractivity (Wildman–Crippen MR) is 89.6 cm³/mol. The molecule has 1 aromatic heterocycles. The zero-order chi connectivity index (χ0) is 16.8. The van der Waals surface area contributed by atoms with Crippen LogP contribution in [0.1, 0.15) is 38.5 Å². The molecule has 1 saturated carbocycles. The molecule has 7 heteroatoms. The second-order valence-electron chi connectivity index (χ2n) is 6.49. The van der Waals surface area contributed by atoms with E-state index in [9.17, 15) is 4.79 Å². The number of nitrogens with zero attached hydrogens (tertiary/aromatic N) is 4. The molecule has 0 saturated heterocycles. The lowest BCUT2D eigenvalue weighted by atomic mass is 9.71. The first-order valence-electron chi connectivity index (χ1n) is 8.34. The van der Waals surface area contributed by atoms with E-state index in [2.05, 4.69) is 20.8 Å². The second kappa shape index (κ2) is 7.42. The summed E-state index contributed by atoms with van der Waals surface area (Å²) in [6.45, 7) is 0.680. The van der Waals surface area contributed by atoms with Gasteiger partial charge in [-0.15, -0.1) is 5.10 Å². The van der Waals surface area contributed by atoms with E-state index in [1.165, 1.54) is 6.42 Å². The summed E-state index contributed by atoms with van der Waals surface area (Å²) in [5.41, 5.74) is 0.623. The smallest absolute Gasteiger partial charge is 0.225 e. The van der Waals surface area contributed by atoms with Gasteiger partial charge in [0.25, 0.3) is 0 Å². The highest BCUT2D eigenvalue weighted by Gasteiger charge is 2.35. The summed E-state index contributed by atoms with van der Waals surface area (Å²) < 4.78 is 7.04. The lowest BCUT2D eigenvalue weighted by Crippen LogP contribution is -2.34. The number of tetrazole rings is 1. The van der Waals surface area contributed by atoms with Gasteiger partial charge >= 0.3 is 0 Å². The molecule has 0 atom stereocenters. The molecule has 0 spiro atoms. The van der Waals surface area contributed by atoms with E-state index < -0.39 is 0 Å². The third-order valence-electron chi connectivity index (χ3n) is 4.72. The first-order chi connectivity index (χ1) is 11.7. The first kappa shape index (κ1) is 16.4. The number of ether oxygens (including phenoxy) is 1. The number of aromatic nitrogens is 4. The Morgan fingerprint density at radius 3 is 2.79 bits per heavy atom. The van der Waals surface area contributed by atoms with E-state index in [-0.39, 0.29) is 11.3 Å². The Bertz CT molecular complexity index is 665. The van der Waals surface area contributed by atoms with Crippen molar-refractivity contribution < 1.29 is 9.53 Å². The number of para-hydroxylation sites is 2. The molecule has 1 aliphatic carbocycles. The minimum absolute atomic E-state index is 0.00877. The Hall–Kier alpha value is -2.44. The SMILES string of the molecule is COc1ccccc1NC(=O)CC1(Cn2cnnn2)CCCCC1. The van der Waals surface area contributed by atoms with Crippen LogP contribution < -0.4 is 10.1 Å². The van der Waals surface area contributed by atoms with Gasteiger partial charge in [-0.3, -0.25) is 4.79 Å². The number of benzene rings is 1. The number of amides is 1. The minimum Gasteiger partial charge on any atom is -0.495 e. The largest absolute Gasteiger partial charge is 0.495 e. The summed E-state index contributed by atoms with van der Waals surface area (Å²) in [6, 6.07) is 7.46. The molecule has 1 N–H and O–H groups in total. The van der Waals surface area contributed by atoms with E-state index in [0.29, 0.717) is 24.4 Å². The highest BCUT2D eigenvalue weighted by atomic mass is 16.5. The number of carbonyl (C=O) groups excluding carboxylic acids is 1. The molecule has 0 bridgehead atoms. The van der Waals surface area contributed by atoms with E-state index >= 15 is 0 Å². The van der Waals surface area contributed by atoms with Crippen LogP contribution in [0.3, 0.4) is 0 Å². The van der Waals surface area contributed by atoms with Gasteiger partial charge in [0.2, 0.25) is 5.91 Å². The highest BCUT2D eigenvalue weighted by Crippen LogP contribution is 2.41. The summed E-state index contributed by atoms with van der Waals surface area (Å²) in [6.07, 6.45) is 7.64. The average molecular weight is 329 g/mol. The Labute approximate surface area is 141 Å². The monoisotopic (exact) mass is 329 g/mol. The van der Waals surface area contributed by atoms with Gasteiger partial charge in [-0.2, -0.15) is 0 Å². The van der Waals surface area contributed by atoms with Crippen molar-refractivity contribution in [3.8, 4) is 5.75 Å².